The largest absolute Gasteiger partial charge is 0.342 e. The summed E-state index contributed by atoms with van der Waals surface area (Å²) in [5.41, 5.74) is -0.545. The van der Waals surface area contributed by atoms with Crippen LogP contribution in [-0.2, 0) is 0 Å². The second-order valence-electron chi connectivity index (χ2n) is 8.69. The summed E-state index contributed by atoms with van der Waals surface area (Å²) in [5.74, 6) is 0. The SMILES string of the molecule is CCCCCCCCCCCCCCCCC(O)(CC)[N+](C)(C)C. The summed E-state index contributed by atoms with van der Waals surface area (Å²) in [5, 5.41) is 10.7. The van der Waals surface area contributed by atoms with Crippen molar-refractivity contribution in [2.45, 2.75) is 122 Å². The Kier molecular flexibility index (Phi) is 14.1. The number of aliphatic hydroxyl groups is 1. The number of unbranched alkanes of at least 4 members (excludes halogenated alkanes) is 13. The predicted molar refractivity (Wildman–Crippen MR) is 108 cm³/mol. The molecule has 0 aliphatic heterocycles. The van der Waals surface area contributed by atoms with Gasteiger partial charge in [0.25, 0.3) is 0 Å². The highest BCUT2D eigenvalue weighted by atomic mass is 16.3. The van der Waals surface area contributed by atoms with Crippen molar-refractivity contribution in [1.82, 2.24) is 0 Å². The van der Waals surface area contributed by atoms with Crippen molar-refractivity contribution in [3.05, 3.63) is 0 Å². The first-order valence-corrected chi connectivity index (χ1v) is 10.9. The summed E-state index contributed by atoms with van der Waals surface area (Å²) >= 11 is 0. The summed E-state index contributed by atoms with van der Waals surface area (Å²) < 4.78 is 0.655. The topological polar surface area (TPSA) is 20.2 Å². The van der Waals surface area contributed by atoms with Gasteiger partial charge in [-0.25, -0.2) is 0 Å². The molecule has 0 saturated carbocycles. The molecule has 0 bridgehead atoms. The van der Waals surface area contributed by atoms with Crippen LogP contribution in [0.4, 0.5) is 0 Å². The lowest BCUT2D eigenvalue weighted by Crippen LogP contribution is -2.56. The van der Waals surface area contributed by atoms with Crippen LogP contribution in [0.5, 0.6) is 0 Å². The summed E-state index contributed by atoms with van der Waals surface area (Å²) in [6.45, 7) is 4.39. The minimum absolute atomic E-state index is 0.545. The molecule has 0 aromatic heterocycles. The van der Waals surface area contributed by atoms with Crippen molar-refractivity contribution in [3.8, 4) is 0 Å². The Bertz CT molecular complexity index is 272. The van der Waals surface area contributed by atoms with Crippen molar-refractivity contribution in [1.29, 1.82) is 0 Å². The molecule has 0 heterocycles. The Morgan fingerprint density at radius 3 is 1.21 bits per heavy atom. The molecule has 0 aromatic rings. The normalized spacial score (nSPS) is 14.8. The third-order valence-corrected chi connectivity index (χ3v) is 5.75. The highest BCUT2D eigenvalue weighted by Crippen LogP contribution is 2.26. The number of hydrogen-bond donors (Lipinski definition) is 1. The van der Waals surface area contributed by atoms with Crippen molar-refractivity contribution in [2.75, 3.05) is 21.1 Å². The van der Waals surface area contributed by atoms with E-state index in [-0.39, 0.29) is 0 Å². The maximum Gasteiger partial charge on any atom is 0.199 e. The maximum absolute atomic E-state index is 10.7. The van der Waals surface area contributed by atoms with E-state index >= 15 is 0 Å². The zero-order chi connectivity index (χ0) is 18.3. The smallest absolute Gasteiger partial charge is 0.199 e. The average Bonchev–Trinajstić information content (AvgIpc) is 2.53. The lowest BCUT2D eigenvalue weighted by Gasteiger charge is -2.41. The Balaban J connectivity index is 3.37. The molecule has 146 valence electrons. The maximum atomic E-state index is 10.7. The van der Waals surface area contributed by atoms with Gasteiger partial charge in [-0.05, 0) is 6.42 Å². The second-order valence-corrected chi connectivity index (χ2v) is 8.69. The number of nitrogens with zero attached hydrogens (tertiary/aromatic N) is 1. The van der Waals surface area contributed by atoms with Gasteiger partial charge in [0, 0.05) is 12.8 Å². The highest BCUT2D eigenvalue weighted by Gasteiger charge is 2.38. The molecule has 0 saturated heterocycles. The van der Waals surface area contributed by atoms with Gasteiger partial charge in [0.05, 0.1) is 21.1 Å². The molecule has 1 N–H and O–H groups in total. The fourth-order valence-electron chi connectivity index (χ4n) is 3.59. The van der Waals surface area contributed by atoms with Gasteiger partial charge >= 0.3 is 0 Å². The van der Waals surface area contributed by atoms with Crippen LogP contribution in [0.15, 0.2) is 0 Å². The third kappa shape index (κ3) is 11.5. The van der Waals surface area contributed by atoms with E-state index in [0.717, 1.165) is 19.3 Å². The second kappa shape index (κ2) is 14.1. The molecule has 0 spiro atoms. The molecule has 0 radical (unpaired) electrons. The van der Waals surface area contributed by atoms with Crippen LogP contribution in [0.1, 0.15) is 117 Å². The zero-order valence-electron chi connectivity index (χ0n) is 17.7. The standard InChI is InChI=1S/C22H48NO/c1-6-8-9-10-11-12-13-14-15-16-17-18-19-20-21-22(24,7-2)23(3,4)5/h24H,6-21H2,1-5H3/q+1. The first-order valence-electron chi connectivity index (χ1n) is 10.9. The molecule has 0 aliphatic rings. The minimum Gasteiger partial charge on any atom is -0.342 e. The van der Waals surface area contributed by atoms with Crippen molar-refractivity contribution in [2.24, 2.45) is 0 Å². The highest BCUT2D eigenvalue weighted by molar-refractivity contribution is 4.65. The molecule has 0 amide bonds. The molecular formula is C22H48NO+. The Hall–Kier alpha value is -0.0800. The van der Waals surface area contributed by atoms with E-state index in [9.17, 15) is 5.11 Å². The van der Waals surface area contributed by atoms with Crippen LogP contribution >= 0.6 is 0 Å². The van der Waals surface area contributed by atoms with E-state index in [0.29, 0.717) is 4.48 Å². The number of rotatable bonds is 17. The first kappa shape index (κ1) is 23.9. The van der Waals surface area contributed by atoms with Crippen LogP contribution in [0.3, 0.4) is 0 Å². The Morgan fingerprint density at radius 2 is 0.917 bits per heavy atom. The van der Waals surface area contributed by atoms with Gasteiger partial charge in [0.2, 0.25) is 0 Å². The lowest BCUT2D eigenvalue weighted by atomic mass is 9.98. The molecule has 1 unspecified atom stereocenters. The van der Waals surface area contributed by atoms with Gasteiger partial charge in [-0.3, -0.25) is 0 Å². The molecule has 0 fully saturated rings. The molecule has 1 atom stereocenters. The van der Waals surface area contributed by atoms with Crippen LogP contribution in [0, 0.1) is 0 Å². The van der Waals surface area contributed by atoms with Crippen molar-refractivity contribution < 1.29 is 9.59 Å². The predicted octanol–water partition coefficient (Wildman–Crippen LogP) is 6.66. The van der Waals surface area contributed by atoms with Crippen molar-refractivity contribution in [3.63, 3.8) is 0 Å². The molecule has 0 rings (SSSR count). The zero-order valence-corrected chi connectivity index (χ0v) is 17.7. The van der Waals surface area contributed by atoms with E-state index in [2.05, 4.69) is 35.0 Å². The van der Waals surface area contributed by atoms with Crippen LogP contribution in [0.25, 0.3) is 0 Å². The van der Waals surface area contributed by atoms with Gasteiger partial charge in [0.1, 0.15) is 0 Å². The number of quaternary nitrogens is 1. The van der Waals surface area contributed by atoms with Crippen LogP contribution < -0.4 is 0 Å². The van der Waals surface area contributed by atoms with E-state index < -0.39 is 5.72 Å². The van der Waals surface area contributed by atoms with Crippen LogP contribution in [0.2, 0.25) is 0 Å². The Morgan fingerprint density at radius 1 is 0.583 bits per heavy atom. The summed E-state index contributed by atoms with van der Waals surface area (Å²) in [4.78, 5) is 0. The molecule has 2 nitrogen and oxygen atoms in total. The lowest BCUT2D eigenvalue weighted by molar-refractivity contribution is -0.951. The van der Waals surface area contributed by atoms with Gasteiger partial charge in [-0.1, -0.05) is 97.3 Å². The fourth-order valence-corrected chi connectivity index (χ4v) is 3.59. The molecule has 24 heavy (non-hydrogen) atoms. The van der Waals surface area contributed by atoms with Crippen molar-refractivity contribution >= 4 is 0 Å². The Labute approximate surface area is 153 Å². The first-order chi connectivity index (χ1) is 11.4. The molecular weight excluding hydrogens is 294 g/mol. The molecule has 0 aromatic carbocycles. The summed E-state index contributed by atoms with van der Waals surface area (Å²) in [6.07, 6.45) is 21.2. The quantitative estimate of drug-likeness (QED) is 0.178. The summed E-state index contributed by atoms with van der Waals surface area (Å²) in [6, 6.07) is 0. The number of hydrogen-bond acceptors (Lipinski definition) is 1. The van der Waals surface area contributed by atoms with Gasteiger partial charge in [-0.15, -0.1) is 0 Å². The van der Waals surface area contributed by atoms with E-state index in [1.165, 1.54) is 83.5 Å². The van der Waals surface area contributed by atoms with E-state index in [1.807, 2.05) is 0 Å². The van der Waals surface area contributed by atoms with E-state index in [4.69, 9.17) is 0 Å². The summed E-state index contributed by atoms with van der Waals surface area (Å²) in [7, 11) is 6.31. The molecule has 2 heteroatoms. The van der Waals surface area contributed by atoms with E-state index in [1.54, 1.807) is 0 Å². The van der Waals surface area contributed by atoms with Gasteiger partial charge in [0.15, 0.2) is 5.72 Å². The fraction of sp³-hybridized carbons (Fsp3) is 1.00. The van der Waals surface area contributed by atoms with Gasteiger partial charge in [-0.2, -0.15) is 0 Å². The van der Waals surface area contributed by atoms with Gasteiger partial charge < -0.3 is 9.59 Å². The minimum atomic E-state index is -0.545. The monoisotopic (exact) mass is 342 g/mol. The average molecular weight is 343 g/mol. The third-order valence-electron chi connectivity index (χ3n) is 5.75. The molecule has 0 aliphatic carbocycles. The van der Waals surface area contributed by atoms with Crippen LogP contribution in [-0.4, -0.2) is 36.5 Å².